The van der Waals surface area contributed by atoms with Crippen molar-refractivity contribution in [3.05, 3.63) is 81.0 Å². The number of ether oxygens (including phenoxy) is 1. The number of carbonyl (C=O) groups is 2. The largest absolute Gasteiger partial charge is 0.469 e. The van der Waals surface area contributed by atoms with Gasteiger partial charge in [-0.05, 0) is 37.1 Å². The standard InChI is InChI=1S/C22H20BrNO4/c1-12-19(22(26)27-2)20(14-6-3-4-7-15(14)23)21-16(24-12)10-13(11-17(21)25)18-8-5-9-28-18/h3-9,13,20,24H,10-11H2,1-2H3/t13-,20+/m0/s1. The Hall–Kier alpha value is -2.60. The zero-order valence-corrected chi connectivity index (χ0v) is 17.2. The number of hydrogen-bond donors (Lipinski definition) is 1. The number of nitrogens with one attached hydrogen (secondary N) is 1. The van der Waals surface area contributed by atoms with Crippen LogP contribution in [0.25, 0.3) is 0 Å². The van der Waals surface area contributed by atoms with E-state index in [1.807, 2.05) is 43.3 Å². The van der Waals surface area contributed by atoms with Crippen molar-refractivity contribution in [3.63, 3.8) is 0 Å². The number of benzene rings is 1. The molecule has 0 fully saturated rings. The molecule has 1 aromatic heterocycles. The first-order valence-electron chi connectivity index (χ1n) is 9.11. The highest BCUT2D eigenvalue weighted by Gasteiger charge is 2.42. The van der Waals surface area contributed by atoms with Gasteiger partial charge in [0.2, 0.25) is 0 Å². The summed E-state index contributed by atoms with van der Waals surface area (Å²) in [5, 5.41) is 3.31. The van der Waals surface area contributed by atoms with Crippen LogP contribution in [0.2, 0.25) is 0 Å². The Morgan fingerprint density at radius 2 is 2.00 bits per heavy atom. The van der Waals surface area contributed by atoms with Gasteiger partial charge >= 0.3 is 5.97 Å². The van der Waals surface area contributed by atoms with E-state index in [0.717, 1.165) is 21.5 Å². The van der Waals surface area contributed by atoms with E-state index in [1.54, 1.807) is 6.26 Å². The minimum Gasteiger partial charge on any atom is -0.469 e. The van der Waals surface area contributed by atoms with Gasteiger partial charge in [-0.3, -0.25) is 4.79 Å². The van der Waals surface area contributed by atoms with Gasteiger partial charge in [0, 0.05) is 39.7 Å². The van der Waals surface area contributed by atoms with E-state index in [0.29, 0.717) is 29.7 Å². The molecule has 4 rings (SSSR count). The monoisotopic (exact) mass is 441 g/mol. The second kappa shape index (κ2) is 7.43. The molecule has 1 aliphatic carbocycles. The fraction of sp³-hybridized carbons (Fsp3) is 0.273. The molecular formula is C22H20BrNO4. The Bertz CT molecular complexity index is 1000. The minimum atomic E-state index is -0.468. The van der Waals surface area contributed by atoms with Crippen molar-refractivity contribution in [2.75, 3.05) is 7.11 Å². The quantitative estimate of drug-likeness (QED) is 0.706. The van der Waals surface area contributed by atoms with Crippen molar-refractivity contribution < 1.29 is 18.7 Å². The van der Waals surface area contributed by atoms with Crippen LogP contribution in [0.4, 0.5) is 0 Å². The van der Waals surface area contributed by atoms with Crippen molar-refractivity contribution in [1.29, 1.82) is 0 Å². The molecule has 0 amide bonds. The van der Waals surface area contributed by atoms with Crippen molar-refractivity contribution in [1.82, 2.24) is 5.32 Å². The highest BCUT2D eigenvalue weighted by atomic mass is 79.9. The fourth-order valence-electron chi connectivity index (χ4n) is 4.16. The van der Waals surface area contributed by atoms with Gasteiger partial charge in [-0.1, -0.05) is 34.1 Å². The molecule has 0 spiro atoms. The number of carbonyl (C=O) groups excluding carboxylic acids is 2. The van der Waals surface area contributed by atoms with Crippen LogP contribution in [0.5, 0.6) is 0 Å². The lowest BCUT2D eigenvalue weighted by Crippen LogP contribution is -2.36. The number of dihydropyridines is 1. The van der Waals surface area contributed by atoms with Crippen LogP contribution in [0.1, 0.15) is 42.9 Å². The van der Waals surface area contributed by atoms with Gasteiger partial charge in [0.15, 0.2) is 5.78 Å². The summed E-state index contributed by atoms with van der Waals surface area (Å²) >= 11 is 3.59. The Morgan fingerprint density at radius 3 is 2.68 bits per heavy atom. The van der Waals surface area contributed by atoms with E-state index in [1.165, 1.54) is 7.11 Å². The van der Waals surface area contributed by atoms with Crippen LogP contribution in [0.15, 0.2) is 74.1 Å². The molecule has 144 valence electrons. The number of ketones is 1. The maximum Gasteiger partial charge on any atom is 0.336 e. The van der Waals surface area contributed by atoms with Crippen LogP contribution in [-0.4, -0.2) is 18.9 Å². The summed E-state index contributed by atoms with van der Waals surface area (Å²) in [5.74, 6) is -0.0898. The van der Waals surface area contributed by atoms with Gasteiger partial charge in [0.25, 0.3) is 0 Å². The lowest BCUT2D eigenvalue weighted by Gasteiger charge is -2.36. The van der Waals surface area contributed by atoms with Crippen LogP contribution in [0, 0.1) is 0 Å². The SMILES string of the molecule is COC(=O)C1=C(C)NC2=C(C(=O)C[C@@H](c3ccco3)C2)[C@@H]1c1ccccc1Br. The van der Waals surface area contributed by atoms with Crippen molar-refractivity contribution in [2.45, 2.75) is 31.6 Å². The maximum atomic E-state index is 13.3. The Labute approximate surface area is 171 Å². The van der Waals surface area contributed by atoms with Crippen molar-refractivity contribution >= 4 is 27.7 Å². The van der Waals surface area contributed by atoms with E-state index in [4.69, 9.17) is 9.15 Å². The molecule has 1 N–H and O–H groups in total. The summed E-state index contributed by atoms with van der Waals surface area (Å²) in [4.78, 5) is 25.9. The molecule has 0 saturated heterocycles. The molecule has 5 nitrogen and oxygen atoms in total. The smallest absolute Gasteiger partial charge is 0.336 e. The number of methoxy groups -OCH3 is 1. The summed E-state index contributed by atoms with van der Waals surface area (Å²) in [6, 6.07) is 11.4. The van der Waals surface area contributed by atoms with Crippen LogP contribution < -0.4 is 5.32 Å². The van der Waals surface area contributed by atoms with E-state index in [2.05, 4.69) is 21.2 Å². The molecule has 2 aliphatic rings. The molecular weight excluding hydrogens is 422 g/mol. The fourth-order valence-corrected chi connectivity index (χ4v) is 4.68. The molecule has 2 heterocycles. The first kappa shape index (κ1) is 18.7. The summed E-state index contributed by atoms with van der Waals surface area (Å²) in [7, 11) is 1.36. The predicted molar refractivity (Wildman–Crippen MR) is 107 cm³/mol. The Balaban J connectivity index is 1.85. The molecule has 1 aliphatic heterocycles. The molecule has 0 radical (unpaired) electrons. The highest BCUT2D eigenvalue weighted by Crippen LogP contribution is 2.47. The zero-order chi connectivity index (χ0) is 19.8. The molecule has 0 saturated carbocycles. The van der Waals surface area contributed by atoms with Crippen LogP contribution in [0.3, 0.4) is 0 Å². The molecule has 0 bridgehead atoms. The Kier molecular flexibility index (Phi) is 4.98. The average molecular weight is 442 g/mol. The normalized spacial score (nSPS) is 22.0. The van der Waals surface area contributed by atoms with Crippen LogP contribution >= 0.6 is 15.9 Å². The number of Topliss-reactive ketones (excluding diaryl/α,β-unsaturated/α-hetero) is 1. The van der Waals surface area contributed by atoms with Crippen molar-refractivity contribution in [3.8, 4) is 0 Å². The second-order valence-electron chi connectivity index (χ2n) is 7.05. The predicted octanol–water partition coefficient (Wildman–Crippen LogP) is 4.58. The van der Waals surface area contributed by atoms with E-state index in [9.17, 15) is 9.59 Å². The lowest BCUT2D eigenvalue weighted by molar-refractivity contribution is -0.136. The number of esters is 1. The van der Waals surface area contributed by atoms with Crippen molar-refractivity contribution in [2.24, 2.45) is 0 Å². The summed E-state index contributed by atoms with van der Waals surface area (Å²) in [6.07, 6.45) is 2.63. The average Bonchev–Trinajstić information content (AvgIpc) is 3.21. The van der Waals surface area contributed by atoms with Gasteiger partial charge in [-0.25, -0.2) is 4.79 Å². The zero-order valence-electron chi connectivity index (χ0n) is 15.6. The third-order valence-electron chi connectivity index (χ3n) is 5.39. The number of allylic oxidation sites excluding steroid dienone is 3. The highest BCUT2D eigenvalue weighted by molar-refractivity contribution is 9.10. The van der Waals surface area contributed by atoms with E-state index < -0.39 is 11.9 Å². The lowest BCUT2D eigenvalue weighted by atomic mass is 9.72. The minimum absolute atomic E-state index is 0.0129. The van der Waals surface area contributed by atoms with Gasteiger partial charge in [0.1, 0.15) is 5.76 Å². The van der Waals surface area contributed by atoms with Gasteiger partial charge in [-0.15, -0.1) is 0 Å². The molecule has 1 aromatic carbocycles. The van der Waals surface area contributed by atoms with E-state index >= 15 is 0 Å². The third-order valence-corrected chi connectivity index (χ3v) is 6.12. The molecule has 2 aromatic rings. The number of hydrogen-bond acceptors (Lipinski definition) is 5. The van der Waals surface area contributed by atoms with Gasteiger partial charge in [0.05, 0.1) is 18.9 Å². The van der Waals surface area contributed by atoms with Gasteiger partial charge < -0.3 is 14.5 Å². The van der Waals surface area contributed by atoms with Gasteiger partial charge in [-0.2, -0.15) is 0 Å². The first-order valence-corrected chi connectivity index (χ1v) is 9.90. The summed E-state index contributed by atoms with van der Waals surface area (Å²) in [6.45, 7) is 1.85. The molecule has 2 atom stereocenters. The number of furan rings is 1. The maximum absolute atomic E-state index is 13.3. The number of rotatable bonds is 3. The topological polar surface area (TPSA) is 68.5 Å². The third kappa shape index (κ3) is 3.11. The van der Waals surface area contributed by atoms with Crippen LogP contribution in [-0.2, 0) is 14.3 Å². The summed E-state index contributed by atoms with van der Waals surface area (Å²) < 4.78 is 11.4. The Morgan fingerprint density at radius 1 is 1.21 bits per heavy atom. The number of halogens is 1. The second-order valence-corrected chi connectivity index (χ2v) is 7.90. The first-order chi connectivity index (χ1) is 13.5. The van der Waals surface area contributed by atoms with E-state index in [-0.39, 0.29) is 11.7 Å². The molecule has 6 heteroatoms. The molecule has 28 heavy (non-hydrogen) atoms. The summed E-state index contributed by atoms with van der Waals surface area (Å²) in [5.41, 5.74) is 3.54. The molecule has 0 unspecified atom stereocenters.